The lowest BCUT2D eigenvalue weighted by molar-refractivity contribution is -0.146. The molecule has 0 aromatic carbocycles. The Bertz CT molecular complexity index is 710. The van der Waals surface area contributed by atoms with Crippen LogP contribution in [0.25, 0.3) is 0 Å². The molecule has 1 N–H and O–H groups in total. The lowest BCUT2D eigenvalue weighted by Gasteiger charge is -2.48. The lowest BCUT2D eigenvalue weighted by atomic mass is 9.53. The third-order valence-electron chi connectivity index (χ3n) is 7.59. The summed E-state index contributed by atoms with van der Waals surface area (Å²) >= 11 is 0. The van der Waals surface area contributed by atoms with Gasteiger partial charge in [-0.05, 0) is 37.3 Å². The average Bonchev–Trinajstić information content (AvgIpc) is 3.30. The van der Waals surface area contributed by atoms with E-state index < -0.39 is 0 Å². The van der Waals surface area contributed by atoms with Gasteiger partial charge in [0.05, 0.1) is 17.7 Å². The predicted molar refractivity (Wildman–Crippen MR) is 96.1 cm³/mol. The molecule has 2 saturated carbocycles. The molecule has 4 aliphatic rings. The van der Waals surface area contributed by atoms with Gasteiger partial charge in [-0.2, -0.15) is 0 Å². The fourth-order valence-corrected chi connectivity index (χ4v) is 6.32. The van der Waals surface area contributed by atoms with E-state index in [1.54, 1.807) is 6.20 Å². The molecule has 0 amide bonds. The SMILES string of the molecule is C[C@H]1CCC[C@]2(C)C[C@H]3OC(=O)[C@H](CNCc4ccccn4)[C@H]3[C@@H]3O[C@@]132. The second-order valence-electron chi connectivity index (χ2n) is 9.00. The predicted octanol–water partition coefficient (Wildman–Crippen LogP) is 2.70. The maximum atomic E-state index is 12.6. The van der Waals surface area contributed by atoms with E-state index in [0.29, 0.717) is 19.0 Å². The lowest BCUT2D eigenvalue weighted by Crippen LogP contribution is -2.54. The highest BCUT2D eigenvalue weighted by molar-refractivity contribution is 5.76. The Morgan fingerprint density at radius 3 is 3.08 bits per heavy atom. The molecule has 2 aliphatic heterocycles. The first kappa shape index (κ1) is 16.7. The average molecular weight is 356 g/mol. The Hall–Kier alpha value is -1.46. The molecule has 4 fully saturated rings. The van der Waals surface area contributed by atoms with Crippen LogP contribution >= 0.6 is 0 Å². The van der Waals surface area contributed by atoms with E-state index in [1.165, 1.54) is 19.3 Å². The van der Waals surface area contributed by atoms with E-state index in [2.05, 4.69) is 24.1 Å². The zero-order chi connectivity index (χ0) is 17.9. The number of hydrogen-bond acceptors (Lipinski definition) is 5. The van der Waals surface area contributed by atoms with Gasteiger partial charge in [-0.15, -0.1) is 0 Å². The summed E-state index contributed by atoms with van der Waals surface area (Å²) in [6, 6.07) is 5.90. The van der Waals surface area contributed by atoms with Crippen molar-refractivity contribution in [2.45, 2.75) is 63.9 Å². The van der Waals surface area contributed by atoms with E-state index >= 15 is 0 Å². The van der Waals surface area contributed by atoms with E-state index in [-0.39, 0.29) is 41.0 Å². The number of fused-ring (bicyclic) bond motifs is 2. The fourth-order valence-electron chi connectivity index (χ4n) is 6.32. The minimum atomic E-state index is -0.105. The smallest absolute Gasteiger partial charge is 0.311 e. The third-order valence-corrected chi connectivity index (χ3v) is 7.59. The molecule has 1 spiro atoms. The topological polar surface area (TPSA) is 63.8 Å². The molecule has 26 heavy (non-hydrogen) atoms. The number of carbonyl (C=O) groups excluding carboxylic acids is 1. The van der Waals surface area contributed by atoms with Crippen molar-refractivity contribution in [1.82, 2.24) is 10.3 Å². The first-order chi connectivity index (χ1) is 12.6. The van der Waals surface area contributed by atoms with Crippen LogP contribution in [0.4, 0.5) is 0 Å². The standard InChI is InChI=1S/C21H28N2O3/c1-13-6-5-8-20(2)10-16-17(18-21(13,20)26-18)15(19(24)25-16)12-22-11-14-7-3-4-9-23-14/h3-4,7,9,13,15-18,22H,5-6,8,10-12H2,1-2H3/t13-,15+,16+,17+,18-,20+,21-/m0/s1. The van der Waals surface area contributed by atoms with Gasteiger partial charge in [-0.1, -0.05) is 26.3 Å². The number of esters is 1. The molecule has 1 aromatic heterocycles. The molecule has 5 heteroatoms. The third kappa shape index (κ3) is 2.23. The number of ether oxygens (including phenoxy) is 2. The minimum Gasteiger partial charge on any atom is -0.462 e. The van der Waals surface area contributed by atoms with Crippen molar-refractivity contribution in [3.63, 3.8) is 0 Å². The maximum absolute atomic E-state index is 12.6. The molecule has 0 bridgehead atoms. The number of nitrogens with one attached hydrogen (secondary N) is 1. The summed E-state index contributed by atoms with van der Waals surface area (Å²) in [4.78, 5) is 16.9. The van der Waals surface area contributed by atoms with Gasteiger partial charge in [0, 0.05) is 30.6 Å². The number of nitrogens with zero attached hydrogens (tertiary/aromatic N) is 1. The summed E-state index contributed by atoms with van der Waals surface area (Å²) in [6.45, 7) is 6.01. The van der Waals surface area contributed by atoms with Crippen LogP contribution in [-0.2, 0) is 20.8 Å². The number of hydrogen-bond donors (Lipinski definition) is 1. The first-order valence-corrected chi connectivity index (χ1v) is 10.0. The van der Waals surface area contributed by atoms with Crippen LogP contribution in [-0.4, -0.2) is 35.3 Å². The van der Waals surface area contributed by atoms with Crippen molar-refractivity contribution in [3.05, 3.63) is 30.1 Å². The van der Waals surface area contributed by atoms with Crippen LogP contribution < -0.4 is 5.32 Å². The Labute approximate surface area is 154 Å². The second kappa shape index (κ2) is 5.77. The molecule has 5 rings (SSSR count). The Balaban J connectivity index is 1.32. The number of carbonyl (C=O) groups is 1. The molecule has 140 valence electrons. The van der Waals surface area contributed by atoms with Crippen LogP contribution in [0.1, 0.15) is 45.2 Å². The molecular formula is C21H28N2O3. The van der Waals surface area contributed by atoms with Crippen LogP contribution in [0, 0.1) is 23.2 Å². The van der Waals surface area contributed by atoms with Crippen molar-refractivity contribution in [2.24, 2.45) is 23.2 Å². The van der Waals surface area contributed by atoms with Gasteiger partial charge < -0.3 is 14.8 Å². The summed E-state index contributed by atoms with van der Waals surface area (Å²) < 4.78 is 12.3. The molecule has 1 aromatic rings. The van der Waals surface area contributed by atoms with E-state index in [9.17, 15) is 4.79 Å². The highest BCUT2D eigenvalue weighted by Crippen LogP contribution is 2.70. The van der Waals surface area contributed by atoms with Crippen molar-refractivity contribution in [2.75, 3.05) is 6.54 Å². The first-order valence-electron chi connectivity index (χ1n) is 10.0. The van der Waals surface area contributed by atoms with Crippen LogP contribution in [0.2, 0.25) is 0 Å². The van der Waals surface area contributed by atoms with E-state index in [0.717, 1.165) is 12.1 Å². The Kier molecular flexibility index (Phi) is 3.70. The van der Waals surface area contributed by atoms with Gasteiger partial charge in [0.1, 0.15) is 11.7 Å². The van der Waals surface area contributed by atoms with Gasteiger partial charge in [-0.25, -0.2) is 0 Å². The maximum Gasteiger partial charge on any atom is 0.311 e. The number of epoxide rings is 1. The minimum absolute atomic E-state index is 0.0143. The van der Waals surface area contributed by atoms with E-state index in [1.807, 2.05) is 18.2 Å². The number of rotatable bonds is 4. The largest absolute Gasteiger partial charge is 0.462 e. The van der Waals surface area contributed by atoms with Crippen molar-refractivity contribution in [1.29, 1.82) is 0 Å². The molecule has 0 radical (unpaired) electrons. The summed E-state index contributed by atoms with van der Waals surface area (Å²) in [7, 11) is 0. The highest BCUT2D eigenvalue weighted by atomic mass is 16.6. The van der Waals surface area contributed by atoms with Gasteiger partial charge in [0.2, 0.25) is 0 Å². The Morgan fingerprint density at radius 2 is 2.27 bits per heavy atom. The van der Waals surface area contributed by atoms with E-state index in [4.69, 9.17) is 9.47 Å². The molecule has 5 nitrogen and oxygen atoms in total. The quantitative estimate of drug-likeness (QED) is 0.664. The van der Waals surface area contributed by atoms with Crippen LogP contribution in [0.5, 0.6) is 0 Å². The second-order valence-corrected chi connectivity index (χ2v) is 9.00. The normalized spacial score (nSPS) is 46.1. The summed E-state index contributed by atoms with van der Waals surface area (Å²) in [5.74, 6) is 0.623. The van der Waals surface area contributed by atoms with Crippen molar-refractivity contribution >= 4 is 5.97 Å². The van der Waals surface area contributed by atoms with Crippen molar-refractivity contribution < 1.29 is 14.3 Å². The Morgan fingerprint density at radius 1 is 1.38 bits per heavy atom. The van der Waals surface area contributed by atoms with Crippen LogP contribution in [0.3, 0.4) is 0 Å². The molecule has 2 saturated heterocycles. The molecule has 3 heterocycles. The van der Waals surface area contributed by atoms with Crippen molar-refractivity contribution in [3.8, 4) is 0 Å². The van der Waals surface area contributed by atoms with Crippen LogP contribution in [0.15, 0.2) is 24.4 Å². The zero-order valence-electron chi connectivity index (χ0n) is 15.6. The zero-order valence-corrected chi connectivity index (χ0v) is 15.6. The summed E-state index contributed by atoms with van der Waals surface area (Å²) in [5.41, 5.74) is 1.14. The van der Waals surface area contributed by atoms with Gasteiger partial charge in [0.15, 0.2) is 0 Å². The highest BCUT2D eigenvalue weighted by Gasteiger charge is 2.78. The molecule has 2 aliphatic carbocycles. The summed E-state index contributed by atoms with van der Waals surface area (Å²) in [6.07, 6.45) is 6.66. The fraction of sp³-hybridized carbons (Fsp3) is 0.714. The van der Waals surface area contributed by atoms with Gasteiger partial charge >= 0.3 is 5.97 Å². The molecular weight excluding hydrogens is 328 g/mol. The molecule has 0 unspecified atom stereocenters. The van der Waals surface area contributed by atoms with Gasteiger partial charge in [-0.3, -0.25) is 9.78 Å². The number of pyridine rings is 1. The monoisotopic (exact) mass is 356 g/mol. The number of aromatic nitrogens is 1. The molecule has 7 atom stereocenters. The summed E-state index contributed by atoms with van der Waals surface area (Å²) in [5, 5.41) is 3.42. The van der Waals surface area contributed by atoms with Gasteiger partial charge in [0.25, 0.3) is 0 Å².